The molecule has 5 heteroatoms. The zero-order chi connectivity index (χ0) is 16.2. The predicted octanol–water partition coefficient (Wildman–Crippen LogP) is 1.85. The van der Waals surface area contributed by atoms with Crippen LogP contribution in [0.15, 0.2) is 42.7 Å². The molecule has 118 valence electrons. The van der Waals surface area contributed by atoms with Gasteiger partial charge in [0.15, 0.2) is 0 Å². The number of anilines is 1. The minimum absolute atomic E-state index is 0.0194. The molecule has 2 amide bonds. The normalized spacial score (nSPS) is 13.6. The van der Waals surface area contributed by atoms with Crippen molar-refractivity contribution in [2.45, 2.75) is 25.8 Å². The van der Waals surface area contributed by atoms with Crippen LogP contribution >= 0.6 is 0 Å². The number of hydrogen-bond donors (Lipinski definition) is 1. The molecule has 0 saturated carbocycles. The number of hydrogen-bond acceptors (Lipinski definition) is 3. The molecule has 2 aromatic rings. The highest BCUT2D eigenvalue weighted by molar-refractivity contribution is 5.96. The quantitative estimate of drug-likeness (QED) is 0.937. The van der Waals surface area contributed by atoms with Gasteiger partial charge >= 0.3 is 0 Å². The molecular weight excluding hydrogens is 290 g/mol. The first kappa shape index (κ1) is 15.2. The Bertz CT molecular complexity index is 728. The van der Waals surface area contributed by atoms with E-state index in [2.05, 4.69) is 10.3 Å². The van der Waals surface area contributed by atoms with Crippen molar-refractivity contribution < 1.29 is 9.59 Å². The lowest BCUT2D eigenvalue weighted by atomic mass is 9.98. The Balaban J connectivity index is 1.62. The van der Waals surface area contributed by atoms with Crippen LogP contribution in [0.4, 0.5) is 5.69 Å². The van der Waals surface area contributed by atoms with Gasteiger partial charge in [-0.3, -0.25) is 14.6 Å². The number of benzene rings is 1. The molecule has 23 heavy (non-hydrogen) atoms. The molecule has 1 aromatic heterocycles. The molecule has 0 atom stereocenters. The van der Waals surface area contributed by atoms with Gasteiger partial charge in [0.25, 0.3) is 0 Å². The maximum Gasteiger partial charge on any atom is 0.227 e. The lowest BCUT2D eigenvalue weighted by Crippen LogP contribution is -2.31. The fraction of sp³-hybridized carbons (Fsp3) is 0.278. The van der Waals surface area contributed by atoms with Crippen molar-refractivity contribution in [2.75, 3.05) is 11.9 Å². The summed E-state index contributed by atoms with van der Waals surface area (Å²) >= 11 is 0. The molecule has 1 N–H and O–H groups in total. The van der Waals surface area contributed by atoms with Crippen LogP contribution < -0.4 is 10.2 Å². The number of carbonyl (C=O) groups is 2. The second-order valence-corrected chi connectivity index (χ2v) is 5.73. The van der Waals surface area contributed by atoms with E-state index < -0.39 is 0 Å². The van der Waals surface area contributed by atoms with Crippen LogP contribution in [0.3, 0.4) is 0 Å². The minimum atomic E-state index is -0.0194. The number of pyridine rings is 1. The van der Waals surface area contributed by atoms with Gasteiger partial charge in [-0.25, -0.2) is 0 Å². The molecule has 0 saturated heterocycles. The summed E-state index contributed by atoms with van der Waals surface area (Å²) in [5.74, 6) is 0.119. The first-order chi connectivity index (χ1) is 11.1. The van der Waals surface area contributed by atoms with Crippen molar-refractivity contribution in [3.63, 3.8) is 0 Å². The van der Waals surface area contributed by atoms with E-state index >= 15 is 0 Å². The Morgan fingerprint density at radius 3 is 2.91 bits per heavy atom. The van der Waals surface area contributed by atoms with Gasteiger partial charge in [0, 0.05) is 38.1 Å². The zero-order valence-electron chi connectivity index (χ0n) is 13.1. The van der Waals surface area contributed by atoms with Crippen molar-refractivity contribution in [1.29, 1.82) is 0 Å². The smallest absolute Gasteiger partial charge is 0.227 e. The number of fused-ring (bicyclic) bond motifs is 1. The largest absolute Gasteiger partial charge is 0.352 e. The third-order valence-electron chi connectivity index (χ3n) is 4.06. The summed E-state index contributed by atoms with van der Waals surface area (Å²) in [5.41, 5.74) is 4.02. The van der Waals surface area contributed by atoms with Crippen LogP contribution in [0, 0.1) is 0 Å². The fourth-order valence-corrected chi connectivity index (χ4v) is 2.77. The summed E-state index contributed by atoms with van der Waals surface area (Å²) in [4.78, 5) is 29.5. The number of nitrogens with zero attached hydrogens (tertiary/aromatic N) is 2. The lowest BCUT2D eigenvalue weighted by molar-refractivity contribution is -0.120. The number of carbonyl (C=O) groups excluding carboxylic acids is 2. The fourth-order valence-electron chi connectivity index (χ4n) is 2.77. The van der Waals surface area contributed by atoms with Crippen LogP contribution in [-0.2, 0) is 29.0 Å². The van der Waals surface area contributed by atoms with Gasteiger partial charge in [-0.2, -0.15) is 0 Å². The lowest BCUT2D eigenvalue weighted by Gasteiger charge is -2.26. The number of aromatic nitrogens is 1. The number of aryl methyl sites for hydroxylation is 1. The zero-order valence-corrected chi connectivity index (χ0v) is 13.1. The number of nitrogens with one attached hydrogen (secondary N) is 1. The third kappa shape index (κ3) is 3.56. The van der Waals surface area contributed by atoms with E-state index in [0.29, 0.717) is 19.4 Å². The second-order valence-electron chi connectivity index (χ2n) is 5.73. The Morgan fingerprint density at radius 2 is 2.13 bits per heavy atom. The Labute approximate surface area is 135 Å². The van der Waals surface area contributed by atoms with Gasteiger partial charge in [0.05, 0.1) is 6.42 Å². The monoisotopic (exact) mass is 309 g/mol. The van der Waals surface area contributed by atoms with Crippen LogP contribution in [0.2, 0.25) is 0 Å². The summed E-state index contributed by atoms with van der Waals surface area (Å²) in [7, 11) is 1.79. The molecule has 2 heterocycles. The highest BCUT2D eigenvalue weighted by Crippen LogP contribution is 2.27. The van der Waals surface area contributed by atoms with Gasteiger partial charge in [0.2, 0.25) is 11.8 Å². The molecule has 1 aliphatic rings. The van der Waals surface area contributed by atoms with Crippen molar-refractivity contribution in [1.82, 2.24) is 10.3 Å². The van der Waals surface area contributed by atoms with Crippen molar-refractivity contribution in [3.05, 3.63) is 59.4 Å². The van der Waals surface area contributed by atoms with Crippen LogP contribution in [0.5, 0.6) is 0 Å². The van der Waals surface area contributed by atoms with E-state index in [4.69, 9.17) is 0 Å². The van der Waals surface area contributed by atoms with Crippen LogP contribution in [-0.4, -0.2) is 23.8 Å². The highest BCUT2D eigenvalue weighted by Gasteiger charge is 2.20. The predicted molar refractivity (Wildman–Crippen MR) is 88.0 cm³/mol. The van der Waals surface area contributed by atoms with E-state index in [9.17, 15) is 9.59 Å². The van der Waals surface area contributed by atoms with Gasteiger partial charge in [-0.05, 0) is 35.2 Å². The standard InChI is InChI=1S/C18H19N3O2/c1-21-16-6-4-13(9-15(16)5-7-18(21)23)10-17(22)20-12-14-3-2-8-19-11-14/h2-4,6,8-9,11H,5,7,10,12H2,1H3,(H,20,22). The molecule has 0 unspecified atom stereocenters. The van der Waals surface area contributed by atoms with E-state index in [1.165, 1.54) is 0 Å². The molecule has 0 bridgehead atoms. The van der Waals surface area contributed by atoms with Crippen LogP contribution in [0.1, 0.15) is 23.1 Å². The van der Waals surface area contributed by atoms with Gasteiger partial charge < -0.3 is 10.2 Å². The Hall–Kier alpha value is -2.69. The molecule has 1 aliphatic heterocycles. The van der Waals surface area contributed by atoms with Crippen LogP contribution in [0.25, 0.3) is 0 Å². The first-order valence-electron chi connectivity index (χ1n) is 7.67. The molecule has 0 spiro atoms. The summed E-state index contributed by atoms with van der Waals surface area (Å²) < 4.78 is 0. The molecule has 0 radical (unpaired) electrons. The van der Waals surface area contributed by atoms with Crippen molar-refractivity contribution in [2.24, 2.45) is 0 Å². The molecular formula is C18H19N3O2. The van der Waals surface area contributed by atoms with Gasteiger partial charge in [0.1, 0.15) is 0 Å². The highest BCUT2D eigenvalue weighted by atomic mass is 16.2. The summed E-state index contributed by atoms with van der Waals surface area (Å²) in [6.07, 6.45) is 5.06. The maximum absolute atomic E-state index is 12.1. The van der Waals surface area contributed by atoms with E-state index in [1.54, 1.807) is 24.3 Å². The summed E-state index contributed by atoms with van der Waals surface area (Å²) in [5, 5.41) is 2.90. The number of rotatable bonds is 4. The van der Waals surface area contributed by atoms with E-state index in [-0.39, 0.29) is 11.8 Å². The van der Waals surface area contributed by atoms with Gasteiger partial charge in [-0.15, -0.1) is 0 Å². The first-order valence-corrected chi connectivity index (χ1v) is 7.67. The molecule has 0 aliphatic carbocycles. The Morgan fingerprint density at radius 1 is 1.26 bits per heavy atom. The van der Waals surface area contributed by atoms with Crippen molar-refractivity contribution in [3.8, 4) is 0 Å². The topological polar surface area (TPSA) is 62.3 Å². The van der Waals surface area contributed by atoms with E-state index in [1.807, 2.05) is 30.3 Å². The second kappa shape index (κ2) is 6.60. The average Bonchev–Trinajstić information content (AvgIpc) is 2.57. The molecule has 3 rings (SSSR count). The van der Waals surface area contributed by atoms with Gasteiger partial charge in [-0.1, -0.05) is 18.2 Å². The molecule has 0 fully saturated rings. The maximum atomic E-state index is 12.1. The minimum Gasteiger partial charge on any atom is -0.352 e. The molecule has 1 aromatic carbocycles. The van der Waals surface area contributed by atoms with Crippen molar-refractivity contribution >= 4 is 17.5 Å². The summed E-state index contributed by atoms with van der Waals surface area (Å²) in [6, 6.07) is 9.65. The van der Waals surface area contributed by atoms with E-state index in [0.717, 1.165) is 28.8 Å². The SMILES string of the molecule is CN1C(=O)CCc2cc(CC(=O)NCc3cccnc3)ccc21. The summed E-state index contributed by atoms with van der Waals surface area (Å²) in [6.45, 7) is 0.481. The third-order valence-corrected chi connectivity index (χ3v) is 4.06. The average molecular weight is 309 g/mol. The Kier molecular flexibility index (Phi) is 4.37. The number of amides is 2. The molecule has 5 nitrogen and oxygen atoms in total.